The number of para-hydroxylation sites is 2. The Balaban J connectivity index is 1.99. The fraction of sp³-hybridized carbons (Fsp3) is 0.143. The lowest BCUT2D eigenvalue weighted by Gasteiger charge is -2.17. The van der Waals surface area contributed by atoms with E-state index in [9.17, 15) is 0 Å². The molecule has 0 aliphatic heterocycles. The highest BCUT2D eigenvalue weighted by Crippen LogP contribution is 2.22. The highest BCUT2D eigenvalue weighted by atomic mass is 16.7. The summed E-state index contributed by atoms with van der Waals surface area (Å²) in [5.41, 5.74) is 12.7. The summed E-state index contributed by atoms with van der Waals surface area (Å²) in [6, 6.07) is 14.4. The van der Waals surface area contributed by atoms with E-state index >= 15 is 0 Å². The van der Waals surface area contributed by atoms with Crippen LogP contribution in [0, 0.1) is 0 Å². The summed E-state index contributed by atoms with van der Waals surface area (Å²) >= 11 is 0. The highest BCUT2D eigenvalue weighted by molar-refractivity contribution is 5.51. The Kier molecular flexibility index (Phi) is 3.57. The number of anilines is 2. The minimum Gasteiger partial charge on any atom is -0.455 e. The van der Waals surface area contributed by atoms with E-state index in [-0.39, 0.29) is 0 Å². The van der Waals surface area contributed by atoms with Crippen LogP contribution in [0.4, 0.5) is 11.4 Å². The average Bonchev–Trinajstić information content (AvgIpc) is 2.35. The molecule has 0 amide bonds. The van der Waals surface area contributed by atoms with E-state index in [1.54, 1.807) is 36.4 Å². The van der Waals surface area contributed by atoms with Gasteiger partial charge in [0.25, 0.3) is 0 Å². The molecule has 0 saturated carbocycles. The molecule has 4 nitrogen and oxygen atoms in total. The molecule has 2 aromatic rings. The number of hydrogen-bond acceptors (Lipinski definition) is 4. The second-order valence-electron chi connectivity index (χ2n) is 3.91. The SMILES string of the molecule is CC(Oc1ccc(N)cc1)Oc1ccccc1N. The van der Waals surface area contributed by atoms with E-state index in [2.05, 4.69) is 0 Å². The summed E-state index contributed by atoms with van der Waals surface area (Å²) in [5, 5.41) is 0. The predicted octanol–water partition coefficient (Wildman–Crippen LogP) is 2.65. The molecule has 18 heavy (non-hydrogen) atoms. The molecule has 1 atom stereocenters. The van der Waals surface area contributed by atoms with Gasteiger partial charge in [0, 0.05) is 12.6 Å². The van der Waals surface area contributed by atoms with Gasteiger partial charge < -0.3 is 20.9 Å². The Labute approximate surface area is 106 Å². The second kappa shape index (κ2) is 5.31. The van der Waals surface area contributed by atoms with Crippen molar-refractivity contribution in [1.29, 1.82) is 0 Å². The largest absolute Gasteiger partial charge is 0.455 e. The second-order valence-corrected chi connectivity index (χ2v) is 3.91. The van der Waals surface area contributed by atoms with Crippen LogP contribution in [0.25, 0.3) is 0 Å². The number of rotatable bonds is 4. The molecular formula is C14H16N2O2. The minimum absolute atomic E-state index is 0.432. The molecule has 0 radical (unpaired) electrons. The molecule has 4 N–H and O–H groups in total. The Morgan fingerprint density at radius 1 is 0.889 bits per heavy atom. The van der Waals surface area contributed by atoms with Crippen LogP contribution in [-0.4, -0.2) is 6.29 Å². The van der Waals surface area contributed by atoms with Gasteiger partial charge in [0.05, 0.1) is 5.69 Å². The Hall–Kier alpha value is -2.36. The molecule has 2 rings (SSSR count). The molecule has 4 heteroatoms. The van der Waals surface area contributed by atoms with Crippen LogP contribution < -0.4 is 20.9 Å². The Morgan fingerprint density at radius 2 is 1.56 bits per heavy atom. The monoisotopic (exact) mass is 244 g/mol. The highest BCUT2D eigenvalue weighted by Gasteiger charge is 2.07. The van der Waals surface area contributed by atoms with E-state index in [1.807, 2.05) is 19.1 Å². The standard InChI is InChI=1S/C14H16N2O2/c1-10(17-12-8-6-11(15)7-9-12)18-14-5-3-2-4-13(14)16/h2-10H,15-16H2,1H3. The lowest BCUT2D eigenvalue weighted by molar-refractivity contribution is 0.0229. The molecular weight excluding hydrogens is 228 g/mol. The van der Waals surface area contributed by atoms with Crippen LogP contribution in [0.15, 0.2) is 48.5 Å². The van der Waals surface area contributed by atoms with Gasteiger partial charge >= 0.3 is 0 Å². The zero-order chi connectivity index (χ0) is 13.0. The summed E-state index contributed by atoms with van der Waals surface area (Å²) in [4.78, 5) is 0. The van der Waals surface area contributed by atoms with Crippen LogP contribution in [0.1, 0.15) is 6.92 Å². The quantitative estimate of drug-likeness (QED) is 0.640. The number of nitrogen functional groups attached to an aromatic ring is 2. The number of ether oxygens (including phenoxy) is 2. The van der Waals surface area contributed by atoms with E-state index in [4.69, 9.17) is 20.9 Å². The first kappa shape index (κ1) is 12.1. The van der Waals surface area contributed by atoms with E-state index in [0.717, 1.165) is 0 Å². The van der Waals surface area contributed by atoms with Gasteiger partial charge in [0.15, 0.2) is 0 Å². The molecule has 0 saturated heterocycles. The van der Waals surface area contributed by atoms with Crippen molar-refractivity contribution in [3.05, 3.63) is 48.5 Å². The van der Waals surface area contributed by atoms with Crippen molar-refractivity contribution in [2.24, 2.45) is 0 Å². The van der Waals surface area contributed by atoms with Crippen LogP contribution in [-0.2, 0) is 0 Å². The Bertz CT molecular complexity index is 511. The maximum atomic E-state index is 5.79. The molecule has 2 aromatic carbocycles. The van der Waals surface area contributed by atoms with Crippen LogP contribution in [0.3, 0.4) is 0 Å². The first-order valence-electron chi connectivity index (χ1n) is 5.68. The van der Waals surface area contributed by atoms with Gasteiger partial charge in [0.1, 0.15) is 11.5 Å². The first-order chi connectivity index (χ1) is 8.65. The minimum atomic E-state index is -0.432. The fourth-order valence-corrected chi connectivity index (χ4v) is 1.53. The third kappa shape index (κ3) is 3.07. The van der Waals surface area contributed by atoms with Gasteiger partial charge in [-0.3, -0.25) is 0 Å². The van der Waals surface area contributed by atoms with Gasteiger partial charge in [0.2, 0.25) is 6.29 Å². The van der Waals surface area contributed by atoms with Crippen LogP contribution >= 0.6 is 0 Å². The summed E-state index contributed by atoms with van der Waals surface area (Å²) < 4.78 is 11.2. The molecule has 0 aliphatic rings. The van der Waals surface area contributed by atoms with E-state index in [0.29, 0.717) is 22.9 Å². The molecule has 0 aromatic heterocycles. The third-order valence-electron chi connectivity index (χ3n) is 2.39. The third-order valence-corrected chi connectivity index (χ3v) is 2.39. The molecule has 0 spiro atoms. The van der Waals surface area contributed by atoms with Crippen molar-refractivity contribution in [2.75, 3.05) is 11.5 Å². The summed E-state index contributed by atoms with van der Waals surface area (Å²) in [7, 11) is 0. The maximum absolute atomic E-state index is 5.79. The van der Waals surface area contributed by atoms with Crippen molar-refractivity contribution in [2.45, 2.75) is 13.2 Å². The van der Waals surface area contributed by atoms with Crippen molar-refractivity contribution in [1.82, 2.24) is 0 Å². The van der Waals surface area contributed by atoms with Crippen LogP contribution in [0.2, 0.25) is 0 Å². The normalized spacial score (nSPS) is 11.8. The van der Waals surface area contributed by atoms with Gasteiger partial charge in [-0.2, -0.15) is 0 Å². The van der Waals surface area contributed by atoms with Gasteiger partial charge in [-0.15, -0.1) is 0 Å². The smallest absolute Gasteiger partial charge is 0.238 e. The molecule has 0 bridgehead atoms. The number of nitrogens with two attached hydrogens (primary N) is 2. The molecule has 94 valence electrons. The first-order valence-corrected chi connectivity index (χ1v) is 5.68. The number of hydrogen-bond donors (Lipinski definition) is 2. The number of benzene rings is 2. The van der Waals surface area contributed by atoms with Gasteiger partial charge in [-0.1, -0.05) is 12.1 Å². The van der Waals surface area contributed by atoms with E-state index < -0.39 is 6.29 Å². The topological polar surface area (TPSA) is 70.5 Å². The Morgan fingerprint density at radius 3 is 2.22 bits per heavy atom. The van der Waals surface area contributed by atoms with Crippen molar-refractivity contribution in [3.8, 4) is 11.5 Å². The van der Waals surface area contributed by atoms with Crippen molar-refractivity contribution in [3.63, 3.8) is 0 Å². The van der Waals surface area contributed by atoms with Gasteiger partial charge in [-0.25, -0.2) is 0 Å². The zero-order valence-corrected chi connectivity index (χ0v) is 10.2. The summed E-state index contributed by atoms with van der Waals surface area (Å²) in [6.45, 7) is 1.81. The lowest BCUT2D eigenvalue weighted by atomic mass is 10.3. The van der Waals surface area contributed by atoms with E-state index in [1.165, 1.54) is 0 Å². The maximum Gasteiger partial charge on any atom is 0.238 e. The lowest BCUT2D eigenvalue weighted by Crippen LogP contribution is -2.20. The van der Waals surface area contributed by atoms with Crippen molar-refractivity contribution >= 4 is 11.4 Å². The molecule has 0 aliphatic carbocycles. The van der Waals surface area contributed by atoms with Crippen molar-refractivity contribution < 1.29 is 9.47 Å². The molecule has 0 heterocycles. The van der Waals surface area contributed by atoms with Gasteiger partial charge in [-0.05, 0) is 36.4 Å². The molecule has 1 unspecified atom stereocenters. The molecule has 0 fully saturated rings. The predicted molar refractivity (Wildman–Crippen MR) is 72.4 cm³/mol. The summed E-state index contributed by atoms with van der Waals surface area (Å²) in [5.74, 6) is 1.31. The zero-order valence-electron chi connectivity index (χ0n) is 10.2. The fourth-order valence-electron chi connectivity index (χ4n) is 1.53. The van der Waals surface area contributed by atoms with Crippen LogP contribution in [0.5, 0.6) is 11.5 Å². The summed E-state index contributed by atoms with van der Waals surface area (Å²) in [6.07, 6.45) is -0.432. The average molecular weight is 244 g/mol.